The summed E-state index contributed by atoms with van der Waals surface area (Å²) < 4.78 is 5.46. The molecule has 0 fully saturated rings. The van der Waals surface area contributed by atoms with Gasteiger partial charge in [-0.15, -0.1) is 0 Å². The van der Waals surface area contributed by atoms with Crippen LogP contribution in [0.2, 0.25) is 0 Å². The Kier molecular flexibility index (Phi) is 49.1. The maximum Gasteiger partial charge on any atom is 0.305 e. The number of rotatable bonds is 49. The number of carbonyl (C=O) groups is 2. The van der Waals surface area contributed by atoms with Gasteiger partial charge in [-0.05, 0) is 83.5 Å². The number of hydrogen-bond donors (Lipinski definition) is 3. The zero-order valence-corrected chi connectivity index (χ0v) is 40.6. The molecule has 0 radical (unpaired) electrons. The summed E-state index contributed by atoms with van der Waals surface area (Å²) in [5.41, 5.74) is 0. The van der Waals surface area contributed by atoms with Crippen molar-refractivity contribution in [2.45, 2.75) is 289 Å². The number of carbonyl (C=O) groups excluding carboxylic acids is 2. The Morgan fingerprint density at radius 3 is 1.16 bits per heavy atom. The standard InChI is InChI=1S/C55H103NO5/c1-3-5-7-9-11-13-15-17-21-25-29-33-37-41-45-49-55(60)61-50-46-42-38-34-30-26-23-20-18-19-22-24-28-32-36-40-44-48-54(59)56-52(51-57)53(58)47-43-39-35-31-27-16-14-12-10-8-6-4-2/h17-18,20-21,43,47,52-53,57-58H,3-16,19,22-42,44-46,48-51H2,1-2H3,(H,56,59)/b20-18-,21-17-,47-43+. The lowest BCUT2D eigenvalue weighted by Crippen LogP contribution is -2.45. The molecule has 0 aromatic carbocycles. The Morgan fingerprint density at radius 2 is 0.770 bits per heavy atom. The van der Waals surface area contributed by atoms with Gasteiger partial charge in [0.25, 0.3) is 0 Å². The largest absolute Gasteiger partial charge is 0.466 e. The molecule has 0 aliphatic heterocycles. The quantitative estimate of drug-likeness (QED) is 0.0322. The first-order valence-corrected chi connectivity index (χ1v) is 26.8. The lowest BCUT2D eigenvalue weighted by Gasteiger charge is -2.20. The normalized spacial score (nSPS) is 12.9. The molecule has 6 heteroatoms. The zero-order valence-electron chi connectivity index (χ0n) is 40.6. The first kappa shape index (κ1) is 59.1. The Balaban J connectivity index is 3.48. The fourth-order valence-corrected chi connectivity index (χ4v) is 7.97. The summed E-state index contributed by atoms with van der Waals surface area (Å²) in [5, 5.41) is 23.0. The van der Waals surface area contributed by atoms with Crippen molar-refractivity contribution in [3.8, 4) is 0 Å². The van der Waals surface area contributed by atoms with Crippen molar-refractivity contribution in [1.29, 1.82) is 0 Å². The van der Waals surface area contributed by atoms with Gasteiger partial charge in [-0.2, -0.15) is 0 Å². The number of esters is 1. The van der Waals surface area contributed by atoms with Gasteiger partial charge in [0, 0.05) is 12.8 Å². The molecule has 0 heterocycles. The average Bonchev–Trinajstić information content (AvgIpc) is 3.26. The lowest BCUT2D eigenvalue weighted by atomic mass is 10.1. The molecular formula is C55H103NO5. The predicted octanol–water partition coefficient (Wildman–Crippen LogP) is 16.1. The van der Waals surface area contributed by atoms with Crippen LogP contribution in [-0.2, 0) is 14.3 Å². The second-order valence-electron chi connectivity index (χ2n) is 18.2. The molecule has 0 aliphatic carbocycles. The lowest BCUT2D eigenvalue weighted by molar-refractivity contribution is -0.143. The maximum absolute atomic E-state index is 12.4. The fourth-order valence-electron chi connectivity index (χ4n) is 7.97. The highest BCUT2D eigenvalue weighted by Crippen LogP contribution is 2.15. The summed E-state index contributed by atoms with van der Waals surface area (Å²) >= 11 is 0. The van der Waals surface area contributed by atoms with E-state index in [2.05, 4.69) is 43.5 Å². The van der Waals surface area contributed by atoms with Crippen molar-refractivity contribution in [1.82, 2.24) is 5.32 Å². The van der Waals surface area contributed by atoms with Crippen LogP contribution < -0.4 is 5.32 Å². The highest BCUT2D eigenvalue weighted by molar-refractivity contribution is 5.76. The van der Waals surface area contributed by atoms with E-state index in [0.717, 1.165) is 57.8 Å². The van der Waals surface area contributed by atoms with Crippen LogP contribution in [0.15, 0.2) is 36.5 Å². The number of ether oxygens (including phenoxy) is 1. The second kappa shape index (κ2) is 50.7. The van der Waals surface area contributed by atoms with Crippen LogP contribution in [0, 0.1) is 0 Å². The minimum atomic E-state index is -0.851. The highest BCUT2D eigenvalue weighted by Gasteiger charge is 2.18. The van der Waals surface area contributed by atoms with E-state index < -0.39 is 12.1 Å². The summed E-state index contributed by atoms with van der Waals surface area (Å²) in [6.07, 6.45) is 61.5. The third-order valence-corrected chi connectivity index (χ3v) is 12.1. The highest BCUT2D eigenvalue weighted by atomic mass is 16.5. The van der Waals surface area contributed by atoms with Gasteiger partial charge >= 0.3 is 5.97 Å². The van der Waals surface area contributed by atoms with Gasteiger partial charge in [-0.3, -0.25) is 9.59 Å². The number of aliphatic hydroxyl groups excluding tert-OH is 2. The third-order valence-electron chi connectivity index (χ3n) is 12.1. The van der Waals surface area contributed by atoms with Gasteiger partial charge in [0.05, 0.1) is 25.4 Å². The number of allylic oxidation sites excluding steroid dienone is 5. The molecule has 6 nitrogen and oxygen atoms in total. The van der Waals surface area contributed by atoms with E-state index in [1.165, 1.54) is 193 Å². The fraction of sp³-hybridized carbons (Fsp3) is 0.855. The summed E-state index contributed by atoms with van der Waals surface area (Å²) in [6.45, 7) is 4.86. The van der Waals surface area contributed by atoms with Crippen LogP contribution in [0.3, 0.4) is 0 Å². The molecule has 2 atom stereocenters. The summed E-state index contributed by atoms with van der Waals surface area (Å²) in [4.78, 5) is 24.4. The molecule has 0 saturated carbocycles. The van der Waals surface area contributed by atoms with Crippen LogP contribution in [0.5, 0.6) is 0 Å². The van der Waals surface area contributed by atoms with E-state index >= 15 is 0 Å². The van der Waals surface area contributed by atoms with Crippen LogP contribution in [-0.4, -0.2) is 47.4 Å². The van der Waals surface area contributed by atoms with E-state index in [9.17, 15) is 19.8 Å². The Hall–Kier alpha value is -1.92. The zero-order chi connectivity index (χ0) is 44.4. The summed E-state index contributed by atoms with van der Waals surface area (Å²) in [5.74, 6) is -0.0929. The molecule has 0 saturated heterocycles. The summed E-state index contributed by atoms with van der Waals surface area (Å²) in [6, 6.07) is -0.636. The average molecular weight is 858 g/mol. The third kappa shape index (κ3) is 47.4. The molecule has 1 amide bonds. The van der Waals surface area contributed by atoms with Crippen LogP contribution in [0.4, 0.5) is 0 Å². The van der Waals surface area contributed by atoms with Gasteiger partial charge in [0.1, 0.15) is 0 Å². The van der Waals surface area contributed by atoms with Gasteiger partial charge in [0.15, 0.2) is 0 Å². The van der Waals surface area contributed by atoms with Crippen molar-refractivity contribution in [3.05, 3.63) is 36.5 Å². The molecule has 0 spiro atoms. The number of nitrogens with one attached hydrogen (secondary N) is 1. The number of hydrogen-bond acceptors (Lipinski definition) is 5. The van der Waals surface area contributed by atoms with Gasteiger partial charge in [-0.1, -0.05) is 217 Å². The minimum absolute atomic E-state index is 0.0113. The Morgan fingerprint density at radius 1 is 0.443 bits per heavy atom. The molecule has 0 rings (SSSR count). The molecule has 61 heavy (non-hydrogen) atoms. The first-order valence-electron chi connectivity index (χ1n) is 26.8. The smallest absolute Gasteiger partial charge is 0.305 e. The van der Waals surface area contributed by atoms with Crippen molar-refractivity contribution >= 4 is 11.9 Å². The van der Waals surface area contributed by atoms with Crippen molar-refractivity contribution in [3.63, 3.8) is 0 Å². The van der Waals surface area contributed by atoms with Crippen LogP contribution in [0.25, 0.3) is 0 Å². The van der Waals surface area contributed by atoms with E-state index in [4.69, 9.17) is 4.74 Å². The number of aliphatic hydroxyl groups is 2. The van der Waals surface area contributed by atoms with Gasteiger partial charge in [0.2, 0.25) is 5.91 Å². The van der Waals surface area contributed by atoms with Gasteiger partial charge < -0.3 is 20.3 Å². The predicted molar refractivity (Wildman–Crippen MR) is 264 cm³/mol. The van der Waals surface area contributed by atoms with Crippen molar-refractivity contribution in [2.75, 3.05) is 13.2 Å². The van der Waals surface area contributed by atoms with Crippen molar-refractivity contribution in [2.24, 2.45) is 0 Å². The monoisotopic (exact) mass is 858 g/mol. The number of amides is 1. The van der Waals surface area contributed by atoms with Crippen molar-refractivity contribution < 1.29 is 24.5 Å². The summed E-state index contributed by atoms with van der Waals surface area (Å²) in [7, 11) is 0. The molecule has 358 valence electrons. The van der Waals surface area contributed by atoms with E-state index in [1.807, 2.05) is 6.08 Å². The molecule has 0 aromatic rings. The Labute approximate surface area is 379 Å². The molecule has 0 aromatic heterocycles. The van der Waals surface area contributed by atoms with E-state index in [1.54, 1.807) is 6.08 Å². The molecule has 2 unspecified atom stereocenters. The first-order chi connectivity index (χ1) is 30.0. The number of unbranched alkanes of at least 4 members (excludes halogenated alkanes) is 34. The SMILES string of the molecule is CCCCCCCC/C=C\CCCCCCCC(=O)OCCCCCCCC/C=C\CCCCCCCCCC(=O)NC(CO)C(O)/C=C/CCCCCCCCCCCC. The topological polar surface area (TPSA) is 95.9 Å². The molecule has 0 aliphatic rings. The molecule has 3 N–H and O–H groups in total. The maximum atomic E-state index is 12.4. The van der Waals surface area contributed by atoms with Crippen LogP contribution >= 0.6 is 0 Å². The Bertz CT molecular complexity index is 993. The second-order valence-corrected chi connectivity index (χ2v) is 18.2. The van der Waals surface area contributed by atoms with Gasteiger partial charge in [-0.25, -0.2) is 0 Å². The molecule has 0 bridgehead atoms. The molecular weight excluding hydrogens is 755 g/mol. The van der Waals surface area contributed by atoms with Crippen LogP contribution in [0.1, 0.15) is 277 Å². The minimum Gasteiger partial charge on any atom is -0.466 e. The van der Waals surface area contributed by atoms with E-state index in [0.29, 0.717) is 19.4 Å². The van der Waals surface area contributed by atoms with E-state index in [-0.39, 0.29) is 18.5 Å².